The summed E-state index contributed by atoms with van der Waals surface area (Å²) in [6.07, 6.45) is 6.79. The Morgan fingerprint density at radius 1 is 1.15 bits per heavy atom. The molecular weight excluding hydrogens is 437 g/mol. The van der Waals surface area contributed by atoms with Crippen LogP contribution in [0.3, 0.4) is 0 Å². The molecule has 1 aliphatic heterocycles. The molecule has 0 saturated carbocycles. The largest absolute Gasteiger partial charge is 0.352 e. The van der Waals surface area contributed by atoms with Gasteiger partial charge in [-0.3, -0.25) is 9.20 Å². The van der Waals surface area contributed by atoms with Crippen LogP contribution in [-0.4, -0.2) is 46.4 Å². The van der Waals surface area contributed by atoms with Gasteiger partial charge in [0.25, 0.3) is 5.91 Å². The third-order valence-corrected chi connectivity index (χ3v) is 7.33. The van der Waals surface area contributed by atoms with Crippen molar-refractivity contribution in [1.29, 1.82) is 0 Å². The van der Waals surface area contributed by atoms with Crippen molar-refractivity contribution in [2.24, 2.45) is 5.73 Å². The van der Waals surface area contributed by atoms with E-state index < -0.39 is 0 Å². The number of hydrogen-bond acceptors (Lipinski definition) is 5. The first kappa shape index (κ1) is 22.0. The highest BCUT2D eigenvalue weighted by atomic mass is 32.1. The van der Waals surface area contributed by atoms with Gasteiger partial charge in [0.1, 0.15) is 5.82 Å². The van der Waals surface area contributed by atoms with Crippen LogP contribution in [-0.2, 0) is 6.54 Å². The molecule has 0 spiro atoms. The number of fused-ring (bicyclic) bond motifs is 3. The summed E-state index contributed by atoms with van der Waals surface area (Å²) >= 11 is 1.52. The first-order valence-corrected chi connectivity index (χ1v) is 12.3. The first-order chi connectivity index (χ1) is 16.1. The van der Waals surface area contributed by atoms with Gasteiger partial charge in [-0.25, -0.2) is 9.37 Å². The summed E-state index contributed by atoms with van der Waals surface area (Å²) in [6.45, 7) is 4.26. The van der Waals surface area contributed by atoms with Crippen LogP contribution in [0.2, 0.25) is 0 Å². The van der Waals surface area contributed by atoms with Crippen LogP contribution in [0.5, 0.6) is 0 Å². The number of piperidine rings is 1. The minimum Gasteiger partial charge on any atom is -0.352 e. The van der Waals surface area contributed by atoms with E-state index in [0.29, 0.717) is 28.9 Å². The minimum absolute atomic E-state index is 0.0438. The number of nitrogens with zero attached hydrogens (tertiary/aromatic N) is 3. The Morgan fingerprint density at radius 2 is 2.00 bits per heavy atom. The van der Waals surface area contributed by atoms with E-state index in [2.05, 4.69) is 15.2 Å². The van der Waals surface area contributed by atoms with Gasteiger partial charge in [0, 0.05) is 36.0 Å². The van der Waals surface area contributed by atoms with Crippen LogP contribution in [0.25, 0.3) is 26.4 Å². The smallest absolute Gasteiger partial charge is 0.251 e. The average molecular weight is 466 g/mol. The Bertz CT molecular complexity index is 1290. The maximum Gasteiger partial charge on any atom is 0.251 e. The average Bonchev–Trinajstić information content (AvgIpc) is 3.40. The van der Waals surface area contributed by atoms with E-state index in [-0.39, 0.29) is 18.3 Å². The van der Waals surface area contributed by atoms with Gasteiger partial charge in [0.05, 0.1) is 15.9 Å². The van der Waals surface area contributed by atoms with E-state index in [1.165, 1.54) is 49.8 Å². The molecule has 3 heterocycles. The quantitative estimate of drug-likeness (QED) is 0.396. The van der Waals surface area contributed by atoms with Crippen molar-refractivity contribution in [2.45, 2.75) is 32.2 Å². The number of carbonyl (C=O) groups is 1. The Labute approximate surface area is 196 Å². The lowest BCUT2D eigenvalue weighted by Crippen LogP contribution is -2.33. The fourth-order valence-corrected chi connectivity index (χ4v) is 5.49. The fraction of sp³-hybridized carbons (Fsp3) is 0.360. The van der Waals surface area contributed by atoms with E-state index in [1.807, 2.05) is 34.9 Å². The number of nitrogens with one attached hydrogen (secondary N) is 1. The molecule has 0 radical (unpaired) electrons. The van der Waals surface area contributed by atoms with E-state index in [0.717, 1.165) is 28.1 Å². The van der Waals surface area contributed by atoms with Crippen molar-refractivity contribution in [1.82, 2.24) is 19.6 Å². The number of benzene rings is 2. The highest BCUT2D eigenvalue weighted by Gasteiger charge is 2.14. The number of likely N-dealkylation sites (tertiary alicyclic amines) is 1. The number of rotatable bonds is 7. The normalized spacial score (nSPS) is 14.8. The van der Waals surface area contributed by atoms with Crippen LogP contribution in [0, 0.1) is 5.82 Å². The zero-order chi connectivity index (χ0) is 22.8. The number of carbonyl (C=O) groups excluding carboxylic acids is 1. The van der Waals surface area contributed by atoms with Gasteiger partial charge in [-0.2, -0.15) is 0 Å². The monoisotopic (exact) mass is 465 g/mol. The number of nitrogens with two attached hydrogens (primary N) is 1. The number of amides is 1. The highest BCUT2D eigenvalue weighted by molar-refractivity contribution is 7.23. The van der Waals surface area contributed by atoms with E-state index >= 15 is 0 Å². The highest BCUT2D eigenvalue weighted by Crippen LogP contribution is 2.30. The maximum absolute atomic E-state index is 14.1. The Kier molecular flexibility index (Phi) is 6.39. The SMILES string of the molecule is NCc1ccc(-c2cn3c(n2)sc2cc(C(=O)NCCCN4CCCCC4)ccc23)cc1F. The van der Waals surface area contributed by atoms with E-state index in [1.54, 1.807) is 6.07 Å². The van der Waals surface area contributed by atoms with Crippen molar-refractivity contribution in [3.05, 3.63) is 59.5 Å². The fourth-order valence-electron chi connectivity index (χ4n) is 4.44. The van der Waals surface area contributed by atoms with Crippen molar-refractivity contribution in [3.63, 3.8) is 0 Å². The molecule has 2 aromatic carbocycles. The molecule has 2 aromatic heterocycles. The summed E-state index contributed by atoms with van der Waals surface area (Å²) in [5.74, 6) is -0.361. The van der Waals surface area contributed by atoms with Crippen LogP contribution in [0.4, 0.5) is 4.39 Å². The maximum atomic E-state index is 14.1. The number of hydrogen-bond donors (Lipinski definition) is 2. The number of thiazole rings is 1. The second kappa shape index (κ2) is 9.59. The predicted molar refractivity (Wildman–Crippen MR) is 131 cm³/mol. The third-order valence-electron chi connectivity index (χ3n) is 6.31. The van der Waals surface area contributed by atoms with Crippen LogP contribution in [0.15, 0.2) is 42.6 Å². The molecule has 6 nitrogen and oxygen atoms in total. The lowest BCUT2D eigenvalue weighted by Gasteiger charge is -2.26. The van der Waals surface area contributed by atoms with Crippen LogP contribution >= 0.6 is 11.3 Å². The summed E-state index contributed by atoms with van der Waals surface area (Å²) in [5.41, 5.74) is 9.11. The van der Waals surface area contributed by atoms with Crippen molar-refractivity contribution >= 4 is 32.4 Å². The van der Waals surface area contributed by atoms with Gasteiger partial charge >= 0.3 is 0 Å². The predicted octanol–water partition coefficient (Wildman–Crippen LogP) is 4.42. The van der Waals surface area contributed by atoms with Crippen molar-refractivity contribution in [2.75, 3.05) is 26.2 Å². The van der Waals surface area contributed by atoms with Gasteiger partial charge in [0.2, 0.25) is 0 Å². The summed E-state index contributed by atoms with van der Waals surface area (Å²) in [7, 11) is 0. The van der Waals surface area contributed by atoms with Gasteiger partial charge in [-0.1, -0.05) is 29.9 Å². The van der Waals surface area contributed by atoms with Gasteiger partial charge in [-0.15, -0.1) is 0 Å². The molecule has 1 fully saturated rings. The molecule has 172 valence electrons. The summed E-state index contributed by atoms with van der Waals surface area (Å²) in [4.78, 5) is 20.6. The molecule has 8 heteroatoms. The lowest BCUT2D eigenvalue weighted by molar-refractivity contribution is 0.0951. The van der Waals surface area contributed by atoms with Crippen LogP contribution in [0.1, 0.15) is 41.6 Å². The molecule has 0 bridgehead atoms. The Hall–Kier alpha value is -2.81. The van der Waals surface area contributed by atoms with Gasteiger partial charge in [-0.05, 0) is 63.2 Å². The summed E-state index contributed by atoms with van der Waals surface area (Å²) < 4.78 is 17.1. The molecule has 5 rings (SSSR count). The van der Waals surface area contributed by atoms with Crippen LogP contribution < -0.4 is 11.1 Å². The molecule has 1 saturated heterocycles. The topological polar surface area (TPSA) is 75.7 Å². The summed E-state index contributed by atoms with van der Waals surface area (Å²) in [6, 6.07) is 10.7. The molecule has 0 aliphatic carbocycles. The molecule has 0 atom stereocenters. The Morgan fingerprint density at radius 3 is 2.79 bits per heavy atom. The standard InChI is InChI=1S/C25H28FN5OS/c26-20-13-17(5-6-19(20)15-27)21-16-31-22-8-7-18(14-23(22)33-25(31)29-21)24(32)28-9-4-12-30-10-2-1-3-11-30/h5-8,13-14,16H,1-4,9-12,15,27H2,(H,28,32). The Balaban J connectivity index is 1.27. The number of imidazole rings is 1. The van der Waals surface area contributed by atoms with Gasteiger partial charge < -0.3 is 16.0 Å². The van der Waals surface area contributed by atoms with Crippen molar-refractivity contribution in [3.8, 4) is 11.3 Å². The zero-order valence-electron chi connectivity index (χ0n) is 18.5. The second-order valence-electron chi connectivity index (χ2n) is 8.59. The molecule has 4 aromatic rings. The molecule has 0 unspecified atom stereocenters. The second-order valence-corrected chi connectivity index (χ2v) is 9.59. The molecule has 1 amide bonds. The molecule has 33 heavy (non-hydrogen) atoms. The molecular formula is C25H28FN5OS. The van der Waals surface area contributed by atoms with Crippen molar-refractivity contribution < 1.29 is 9.18 Å². The minimum atomic E-state index is -0.317. The molecule has 3 N–H and O–H groups in total. The number of halogens is 1. The molecule has 1 aliphatic rings. The lowest BCUT2D eigenvalue weighted by atomic mass is 10.1. The number of aromatic nitrogens is 2. The van der Waals surface area contributed by atoms with E-state index in [9.17, 15) is 9.18 Å². The van der Waals surface area contributed by atoms with E-state index in [4.69, 9.17) is 5.73 Å². The summed E-state index contributed by atoms with van der Waals surface area (Å²) in [5, 5.41) is 3.05. The first-order valence-electron chi connectivity index (χ1n) is 11.5. The third kappa shape index (κ3) is 4.64. The zero-order valence-corrected chi connectivity index (χ0v) is 19.3. The van der Waals surface area contributed by atoms with Gasteiger partial charge in [0.15, 0.2) is 4.96 Å².